The van der Waals surface area contributed by atoms with Crippen LogP contribution in [-0.4, -0.2) is 26.3 Å². The molecule has 0 amide bonds. The molecule has 17 heavy (non-hydrogen) atoms. The number of nitrogens with zero attached hydrogens (tertiary/aromatic N) is 4. The van der Waals surface area contributed by atoms with Crippen molar-refractivity contribution in [3.8, 4) is 11.4 Å². The highest BCUT2D eigenvalue weighted by molar-refractivity contribution is 5.53. The Hall–Kier alpha value is -1.75. The smallest absolute Gasteiger partial charge is 0.181 e. The number of rotatable bonds is 2. The van der Waals surface area contributed by atoms with E-state index in [0.717, 1.165) is 43.1 Å². The van der Waals surface area contributed by atoms with Crippen molar-refractivity contribution >= 4 is 0 Å². The van der Waals surface area contributed by atoms with Crippen molar-refractivity contribution in [2.75, 3.05) is 6.54 Å². The van der Waals surface area contributed by atoms with Gasteiger partial charge in [0.05, 0.1) is 0 Å². The van der Waals surface area contributed by atoms with Crippen LogP contribution in [0.25, 0.3) is 11.4 Å². The summed E-state index contributed by atoms with van der Waals surface area (Å²) in [6, 6.07) is 3.86. The zero-order valence-electron chi connectivity index (χ0n) is 9.58. The minimum atomic E-state index is 0.553. The van der Waals surface area contributed by atoms with Crippen molar-refractivity contribution in [3.63, 3.8) is 0 Å². The summed E-state index contributed by atoms with van der Waals surface area (Å²) in [5, 5.41) is 4.53. The lowest BCUT2D eigenvalue weighted by molar-refractivity contribution is 0.369. The van der Waals surface area contributed by atoms with Crippen molar-refractivity contribution in [2.45, 2.75) is 19.4 Å². The Kier molecular flexibility index (Phi) is 2.60. The Morgan fingerprint density at radius 3 is 2.94 bits per heavy atom. The van der Waals surface area contributed by atoms with Crippen LogP contribution >= 0.6 is 0 Å². The Labute approximate surface area is 99.7 Å². The first-order chi connectivity index (χ1) is 8.36. The zero-order valence-corrected chi connectivity index (χ0v) is 9.58. The molecule has 0 saturated carbocycles. The van der Waals surface area contributed by atoms with Gasteiger partial charge in [-0.15, -0.1) is 0 Å². The molecule has 3 rings (SSSR count). The van der Waals surface area contributed by atoms with Crippen molar-refractivity contribution in [1.82, 2.24) is 19.7 Å². The van der Waals surface area contributed by atoms with Crippen molar-refractivity contribution in [2.24, 2.45) is 11.7 Å². The predicted octanol–water partition coefficient (Wildman–Crippen LogP) is 0.861. The van der Waals surface area contributed by atoms with Gasteiger partial charge in [-0.05, 0) is 31.0 Å². The van der Waals surface area contributed by atoms with Crippen LogP contribution in [0.3, 0.4) is 0 Å². The Balaban J connectivity index is 1.93. The number of fused-ring (bicyclic) bond motifs is 1. The monoisotopic (exact) mass is 229 g/mol. The lowest BCUT2D eigenvalue weighted by Crippen LogP contribution is -2.25. The normalized spacial score (nSPS) is 19.0. The molecule has 0 aliphatic carbocycles. The van der Waals surface area contributed by atoms with Crippen molar-refractivity contribution < 1.29 is 0 Å². The average Bonchev–Trinajstić information content (AvgIpc) is 2.82. The number of hydrogen-bond donors (Lipinski definition) is 1. The fourth-order valence-electron chi connectivity index (χ4n) is 2.19. The van der Waals surface area contributed by atoms with Gasteiger partial charge in [0, 0.05) is 30.9 Å². The first-order valence-corrected chi connectivity index (χ1v) is 5.91. The molecule has 0 bridgehead atoms. The van der Waals surface area contributed by atoms with Crippen LogP contribution < -0.4 is 5.73 Å². The number of aryl methyl sites for hydroxylation is 1. The highest BCUT2D eigenvalue weighted by Gasteiger charge is 2.21. The lowest BCUT2D eigenvalue weighted by Gasteiger charge is -2.19. The molecule has 0 radical (unpaired) electrons. The van der Waals surface area contributed by atoms with E-state index in [1.165, 1.54) is 0 Å². The van der Waals surface area contributed by atoms with Crippen LogP contribution in [0.5, 0.6) is 0 Å². The summed E-state index contributed by atoms with van der Waals surface area (Å²) in [6.45, 7) is 1.66. The van der Waals surface area contributed by atoms with E-state index < -0.39 is 0 Å². The summed E-state index contributed by atoms with van der Waals surface area (Å²) in [4.78, 5) is 8.59. The molecule has 5 heteroatoms. The molecule has 5 nitrogen and oxygen atoms in total. The minimum absolute atomic E-state index is 0.553. The molecule has 2 N–H and O–H groups in total. The van der Waals surface area contributed by atoms with Gasteiger partial charge in [0.2, 0.25) is 0 Å². The summed E-state index contributed by atoms with van der Waals surface area (Å²) in [6.07, 6.45) is 5.56. The largest absolute Gasteiger partial charge is 0.330 e. The molecule has 1 unspecified atom stereocenters. The second kappa shape index (κ2) is 4.25. The van der Waals surface area contributed by atoms with E-state index in [1.54, 1.807) is 12.4 Å². The molecular formula is C12H15N5. The first-order valence-electron chi connectivity index (χ1n) is 5.91. The van der Waals surface area contributed by atoms with E-state index in [1.807, 2.05) is 16.8 Å². The molecule has 1 aliphatic heterocycles. The van der Waals surface area contributed by atoms with Crippen LogP contribution in [0, 0.1) is 5.92 Å². The number of aromatic nitrogens is 4. The molecule has 1 aliphatic rings. The SMILES string of the molecule is NCC1CCn2nc(-c3ccncc3)nc2C1. The van der Waals surface area contributed by atoms with Crippen LogP contribution in [0.4, 0.5) is 0 Å². The number of pyridine rings is 1. The molecule has 3 heterocycles. The topological polar surface area (TPSA) is 69.6 Å². The van der Waals surface area contributed by atoms with Gasteiger partial charge in [-0.3, -0.25) is 4.98 Å². The fraction of sp³-hybridized carbons (Fsp3) is 0.417. The molecule has 88 valence electrons. The van der Waals surface area contributed by atoms with Gasteiger partial charge in [-0.1, -0.05) is 0 Å². The molecule has 0 aromatic carbocycles. The molecule has 2 aromatic rings. The summed E-state index contributed by atoms with van der Waals surface area (Å²) >= 11 is 0. The third-order valence-electron chi connectivity index (χ3n) is 3.24. The van der Waals surface area contributed by atoms with E-state index >= 15 is 0 Å². The maximum absolute atomic E-state index is 5.71. The van der Waals surface area contributed by atoms with Gasteiger partial charge in [0.1, 0.15) is 5.82 Å². The fourth-order valence-corrected chi connectivity index (χ4v) is 2.19. The minimum Gasteiger partial charge on any atom is -0.330 e. The average molecular weight is 229 g/mol. The Morgan fingerprint density at radius 2 is 2.18 bits per heavy atom. The van der Waals surface area contributed by atoms with E-state index in [0.29, 0.717) is 5.92 Å². The van der Waals surface area contributed by atoms with Crippen LogP contribution in [0.2, 0.25) is 0 Å². The second-order valence-corrected chi connectivity index (χ2v) is 4.41. The standard InChI is InChI=1S/C12H15N5/c13-8-9-3-6-17-11(7-9)15-12(16-17)10-1-4-14-5-2-10/h1-2,4-5,9H,3,6-8,13H2. The summed E-state index contributed by atoms with van der Waals surface area (Å²) in [5.41, 5.74) is 6.73. The first kappa shape index (κ1) is 10.4. The summed E-state index contributed by atoms with van der Waals surface area (Å²) in [5.74, 6) is 2.40. The van der Waals surface area contributed by atoms with Gasteiger partial charge in [-0.25, -0.2) is 9.67 Å². The Morgan fingerprint density at radius 1 is 1.35 bits per heavy atom. The zero-order chi connectivity index (χ0) is 11.7. The highest BCUT2D eigenvalue weighted by atomic mass is 15.3. The highest BCUT2D eigenvalue weighted by Crippen LogP contribution is 2.21. The predicted molar refractivity (Wildman–Crippen MR) is 64.1 cm³/mol. The molecule has 0 spiro atoms. The molecule has 2 aromatic heterocycles. The third-order valence-corrected chi connectivity index (χ3v) is 3.24. The maximum atomic E-state index is 5.71. The van der Waals surface area contributed by atoms with E-state index in [9.17, 15) is 0 Å². The van der Waals surface area contributed by atoms with Crippen LogP contribution in [0.15, 0.2) is 24.5 Å². The van der Waals surface area contributed by atoms with E-state index in [-0.39, 0.29) is 0 Å². The van der Waals surface area contributed by atoms with Gasteiger partial charge < -0.3 is 5.73 Å². The van der Waals surface area contributed by atoms with E-state index in [4.69, 9.17) is 5.73 Å². The van der Waals surface area contributed by atoms with E-state index in [2.05, 4.69) is 15.1 Å². The lowest BCUT2D eigenvalue weighted by atomic mass is 9.98. The van der Waals surface area contributed by atoms with Crippen molar-refractivity contribution in [1.29, 1.82) is 0 Å². The molecule has 1 atom stereocenters. The summed E-state index contributed by atoms with van der Waals surface area (Å²) < 4.78 is 2.00. The Bertz CT molecular complexity index is 505. The third kappa shape index (κ3) is 1.93. The maximum Gasteiger partial charge on any atom is 0.181 e. The van der Waals surface area contributed by atoms with Gasteiger partial charge >= 0.3 is 0 Å². The van der Waals surface area contributed by atoms with Crippen LogP contribution in [-0.2, 0) is 13.0 Å². The molecule has 0 fully saturated rings. The van der Waals surface area contributed by atoms with Gasteiger partial charge in [-0.2, -0.15) is 5.10 Å². The van der Waals surface area contributed by atoms with Gasteiger partial charge in [0.15, 0.2) is 5.82 Å². The molecule has 0 saturated heterocycles. The molecular weight excluding hydrogens is 214 g/mol. The quantitative estimate of drug-likeness (QED) is 0.829. The number of hydrogen-bond acceptors (Lipinski definition) is 4. The second-order valence-electron chi connectivity index (χ2n) is 4.41. The van der Waals surface area contributed by atoms with Crippen LogP contribution in [0.1, 0.15) is 12.2 Å². The summed E-state index contributed by atoms with van der Waals surface area (Å²) in [7, 11) is 0. The number of nitrogens with two attached hydrogens (primary N) is 1. The van der Waals surface area contributed by atoms with Gasteiger partial charge in [0.25, 0.3) is 0 Å². The van der Waals surface area contributed by atoms with Crippen molar-refractivity contribution in [3.05, 3.63) is 30.4 Å².